The number of anilines is 1. The fraction of sp³-hybridized carbons (Fsp3) is 0.333. The summed E-state index contributed by atoms with van der Waals surface area (Å²) in [5, 5.41) is 0. The normalized spacial score (nSPS) is 12.4. The molecule has 1 aromatic carbocycles. The maximum absolute atomic E-state index is 12.9. The van der Waals surface area contributed by atoms with E-state index in [-0.39, 0.29) is 11.9 Å². The zero-order valence-corrected chi connectivity index (χ0v) is 11.3. The number of nitrogens with two attached hydrogens (primary N) is 1. The highest BCUT2D eigenvalue weighted by Crippen LogP contribution is 2.26. The van der Waals surface area contributed by atoms with Gasteiger partial charge in [0.1, 0.15) is 17.3 Å². The number of halogens is 1. The zero-order valence-electron chi connectivity index (χ0n) is 11.3. The van der Waals surface area contributed by atoms with Crippen molar-refractivity contribution < 1.29 is 8.81 Å². The van der Waals surface area contributed by atoms with E-state index in [1.165, 1.54) is 12.1 Å². The standard InChI is InChI=1S/C15H19FN2O/c1-3-13-8-9-15(19-13)14(10-17)18(2)12-6-4-11(16)5-7-12/h4-9,14H,3,10,17H2,1-2H3. The van der Waals surface area contributed by atoms with Crippen molar-refractivity contribution in [3.63, 3.8) is 0 Å². The molecule has 0 radical (unpaired) electrons. The Morgan fingerprint density at radius 2 is 1.89 bits per heavy atom. The molecule has 0 amide bonds. The Kier molecular flexibility index (Phi) is 4.22. The molecule has 0 saturated heterocycles. The molecule has 2 N–H and O–H groups in total. The number of furan rings is 1. The highest BCUT2D eigenvalue weighted by molar-refractivity contribution is 5.47. The number of hydrogen-bond acceptors (Lipinski definition) is 3. The lowest BCUT2D eigenvalue weighted by Crippen LogP contribution is -2.30. The molecular weight excluding hydrogens is 243 g/mol. The lowest BCUT2D eigenvalue weighted by molar-refractivity contribution is 0.431. The molecule has 19 heavy (non-hydrogen) atoms. The Hall–Kier alpha value is -1.81. The predicted octanol–water partition coefficient (Wildman–Crippen LogP) is 3.12. The van der Waals surface area contributed by atoms with Crippen LogP contribution in [0.1, 0.15) is 24.5 Å². The summed E-state index contributed by atoms with van der Waals surface area (Å²) in [7, 11) is 1.93. The molecule has 0 aliphatic rings. The topological polar surface area (TPSA) is 42.4 Å². The second-order valence-corrected chi connectivity index (χ2v) is 4.50. The van der Waals surface area contributed by atoms with Crippen LogP contribution in [0.2, 0.25) is 0 Å². The molecule has 2 aromatic rings. The molecule has 1 aromatic heterocycles. The summed E-state index contributed by atoms with van der Waals surface area (Å²) in [6.07, 6.45) is 0.859. The first-order valence-electron chi connectivity index (χ1n) is 6.42. The van der Waals surface area contributed by atoms with Gasteiger partial charge >= 0.3 is 0 Å². The van der Waals surface area contributed by atoms with Gasteiger partial charge in [0.25, 0.3) is 0 Å². The Morgan fingerprint density at radius 1 is 1.21 bits per heavy atom. The van der Waals surface area contributed by atoms with Crippen LogP contribution in [0.15, 0.2) is 40.8 Å². The maximum atomic E-state index is 12.9. The largest absolute Gasteiger partial charge is 0.464 e. The quantitative estimate of drug-likeness (QED) is 0.900. The molecule has 0 saturated carbocycles. The molecule has 1 heterocycles. The van der Waals surface area contributed by atoms with Gasteiger partial charge in [0.05, 0.1) is 6.04 Å². The van der Waals surface area contributed by atoms with E-state index in [0.29, 0.717) is 6.54 Å². The monoisotopic (exact) mass is 262 g/mol. The summed E-state index contributed by atoms with van der Waals surface area (Å²) >= 11 is 0. The van der Waals surface area contributed by atoms with Crippen LogP contribution in [0.5, 0.6) is 0 Å². The summed E-state index contributed by atoms with van der Waals surface area (Å²) in [6, 6.07) is 10.2. The molecule has 3 nitrogen and oxygen atoms in total. The number of likely N-dealkylation sites (N-methyl/N-ethyl adjacent to an activating group) is 1. The van der Waals surface area contributed by atoms with Crippen LogP contribution < -0.4 is 10.6 Å². The van der Waals surface area contributed by atoms with E-state index >= 15 is 0 Å². The maximum Gasteiger partial charge on any atom is 0.127 e. The molecule has 1 atom stereocenters. The number of hydrogen-bond donors (Lipinski definition) is 1. The Bertz CT molecular complexity index is 521. The van der Waals surface area contributed by atoms with Crippen molar-refractivity contribution in [1.82, 2.24) is 0 Å². The van der Waals surface area contributed by atoms with Gasteiger partial charge in [-0.25, -0.2) is 4.39 Å². The molecule has 1 unspecified atom stereocenters. The number of nitrogens with zero attached hydrogens (tertiary/aromatic N) is 1. The molecule has 4 heteroatoms. The fourth-order valence-electron chi connectivity index (χ4n) is 2.08. The second kappa shape index (κ2) is 5.89. The van der Waals surface area contributed by atoms with Crippen LogP contribution in [0.25, 0.3) is 0 Å². The van der Waals surface area contributed by atoms with Crippen molar-refractivity contribution in [2.75, 3.05) is 18.5 Å². The summed E-state index contributed by atoms with van der Waals surface area (Å²) < 4.78 is 18.7. The van der Waals surface area contributed by atoms with Crippen LogP contribution in [-0.4, -0.2) is 13.6 Å². The third-order valence-electron chi connectivity index (χ3n) is 3.28. The van der Waals surface area contributed by atoms with Gasteiger partial charge in [0.2, 0.25) is 0 Å². The first-order chi connectivity index (χ1) is 9.15. The smallest absolute Gasteiger partial charge is 0.127 e. The highest BCUT2D eigenvalue weighted by atomic mass is 19.1. The van der Waals surface area contributed by atoms with Crippen molar-refractivity contribution in [2.24, 2.45) is 5.73 Å². The van der Waals surface area contributed by atoms with Crippen LogP contribution in [0.3, 0.4) is 0 Å². The zero-order chi connectivity index (χ0) is 13.8. The van der Waals surface area contributed by atoms with Crippen LogP contribution in [0, 0.1) is 5.82 Å². The summed E-state index contributed by atoms with van der Waals surface area (Å²) in [5.74, 6) is 1.54. The van der Waals surface area contributed by atoms with Gasteiger partial charge in [-0.3, -0.25) is 0 Å². The second-order valence-electron chi connectivity index (χ2n) is 4.50. The predicted molar refractivity (Wildman–Crippen MR) is 74.7 cm³/mol. The van der Waals surface area contributed by atoms with Crippen molar-refractivity contribution in [1.29, 1.82) is 0 Å². The molecule has 0 aliphatic carbocycles. The van der Waals surface area contributed by atoms with E-state index in [0.717, 1.165) is 23.6 Å². The van der Waals surface area contributed by atoms with Gasteiger partial charge in [0.15, 0.2) is 0 Å². The van der Waals surface area contributed by atoms with Crippen molar-refractivity contribution >= 4 is 5.69 Å². The average molecular weight is 262 g/mol. The van der Waals surface area contributed by atoms with Crippen molar-refractivity contribution in [3.05, 3.63) is 53.7 Å². The van der Waals surface area contributed by atoms with E-state index in [4.69, 9.17) is 10.2 Å². The van der Waals surface area contributed by atoms with Gasteiger partial charge < -0.3 is 15.1 Å². The van der Waals surface area contributed by atoms with Gasteiger partial charge in [-0.1, -0.05) is 6.92 Å². The summed E-state index contributed by atoms with van der Waals surface area (Å²) in [6.45, 7) is 2.48. The third kappa shape index (κ3) is 2.96. The highest BCUT2D eigenvalue weighted by Gasteiger charge is 2.19. The molecular formula is C15H19FN2O. The molecule has 0 spiro atoms. The van der Waals surface area contributed by atoms with E-state index in [2.05, 4.69) is 0 Å². The Morgan fingerprint density at radius 3 is 2.42 bits per heavy atom. The number of benzene rings is 1. The van der Waals surface area contributed by atoms with Gasteiger partial charge in [-0.15, -0.1) is 0 Å². The SMILES string of the molecule is CCc1ccc(C(CN)N(C)c2ccc(F)cc2)o1. The Labute approximate surface area is 112 Å². The number of aryl methyl sites for hydroxylation is 1. The summed E-state index contributed by atoms with van der Waals surface area (Å²) in [4.78, 5) is 2.00. The lowest BCUT2D eigenvalue weighted by Gasteiger charge is -2.27. The van der Waals surface area contributed by atoms with Gasteiger partial charge in [-0.2, -0.15) is 0 Å². The third-order valence-corrected chi connectivity index (χ3v) is 3.28. The minimum atomic E-state index is -0.243. The van der Waals surface area contributed by atoms with E-state index in [1.807, 2.05) is 31.0 Å². The van der Waals surface area contributed by atoms with Gasteiger partial charge in [0, 0.05) is 25.7 Å². The number of rotatable bonds is 5. The van der Waals surface area contributed by atoms with E-state index in [1.54, 1.807) is 12.1 Å². The van der Waals surface area contributed by atoms with Crippen LogP contribution in [0.4, 0.5) is 10.1 Å². The van der Waals surface area contributed by atoms with Crippen molar-refractivity contribution in [2.45, 2.75) is 19.4 Å². The lowest BCUT2D eigenvalue weighted by atomic mass is 10.1. The first kappa shape index (κ1) is 13.6. The van der Waals surface area contributed by atoms with Crippen LogP contribution >= 0.6 is 0 Å². The average Bonchev–Trinajstić information content (AvgIpc) is 2.89. The van der Waals surface area contributed by atoms with Crippen molar-refractivity contribution in [3.8, 4) is 0 Å². The first-order valence-corrected chi connectivity index (χ1v) is 6.42. The molecule has 0 fully saturated rings. The van der Waals surface area contributed by atoms with E-state index in [9.17, 15) is 4.39 Å². The Balaban J connectivity index is 2.23. The minimum absolute atomic E-state index is 0.0502. The van der Waals surface area contributed by atoms with Gasteiger partial charge in [-0.05, 0) is 36.4 Å². The molecule has 102 valence electrons. The van der Waals surface area contributed by atoms with Crippen LogP contribution in [-0.2, 0) is 6.42 Å². The molecule has 0 bridgehead atoms. The molecule has 0 aliphatic heterocycles. The minimum Gasteiger partial charge on any atom is -0.464 e. The molecule has 2 rings (SSSR count). The van der Waals surface area contributed by atoms with E-state index < -0.39 is 0 Å². The fourth-order valence-corrected chi connectivity index (χ4v) is 2.08. The summed E-state index contributed by atoms with van der Waals surface area (Å²) in [5.41, 5.74) is 6.76.